The molecule has 1 heterocycles. The van der Waals surface area contributed by atoms with Crippen LogP contribution in [0.2, 0.25) is 0 Å². The Morgan fingerprint density at radius 2 is 1.62 bits per heavy atom. The molecule has 0 bridgehead atoms. The average Bonchev–Trinajstić information content (AvgIpc) is 2.67. The Morgan fingerprint density at radius 1 is 1.04 bits per heavy atom. The van der Waals surface area contributed by atoms with Crippen LogP contribution in [0.25, 0.3) is 0 Å². The molecule has 0 spiro atoms. The SMILES string of the molecule is COCc1cccc(COP(=O)(O)OCc2cccc(CO)n2)c1.[B]P. The number of phosphoric acid groups is 1. The quantitative estimate of drug-likeness (QED) is 0.496. The number of aromatic nitrogens is 1. The van der Waals surface area contributed by atoms with Gasteiger partial charge in [-0.05, 0) is 23.3 Å². The Labute approximate surface area is 156 Å². The largest absolute Gasteiger partial charge is 0.472 e. The lowest BCUT2D eigenvalue weighted by molar-refractivity contribution is 0.136. The molecule has 7 nitrogen and oxygen atoms in total. The van der Waals surface area contributed by atoms with Crippen LogP contribution in [0.1, 0.15) is 22.5 Å². The van der Waals surface area contributed by atoms with Gasteiger partial charge in [0, 0.05) is 7.11 Å². The number of hydrogen-bond donors (Lipinski definition) is 2. The van der Waals surface area contributed by atoms with E-state index >= 15 is 0 Å². The minimum Gasteiger partial charge on any atom is -0.390 e. The summed E-state index contributed by atoms with van der Waals surface area (Å²) in [6.07, 6.45) is 0. The van der Waals surface area contributed by atoms with E-state index < -0.39 is 7.82 Å². The molecule has 26 heavy (non-hydrogen) atoms. The number of ether oxygens (including phenoxy) is 1. The highest BCUT2D eigenvalue weighted by atomic mass is 31.2. The second-order valence-corrected chi connectivity index (χ2v) is 6.50. The topological polar surface area (TPSA) is 98.1 Å². The smallest absolute Gasteiger partial charge is 0.390 e. The van der Waals surface area contributed by atoms with Gasteiger partial charge in [0.2, 0.25) is 0 Å². The molecule has 1 aromatic heterocycles. The number of benzene rings is 1. The van der Waals surface area contributed by atoms with Crippen LogP contribution in [-0.2, 0) is 44.8 Å². The number of nitrogens with zero attached hydrogens (tertiary/aromatic N) is 1. The second kappa shape index (κ2) is 12.3. The zero-order valence-electron chi connectivity index (χ0n) is 14.4. The Bertz CT molecular complexity index is 719. The van der Waals surface area contributed by atoms with Gasteiger partial charge in [-0.3, -0.25) is 14.0 Å². The van der Waals surface area contributed by atoms with Crippen LogP contribution >= 0.6 is 16.9 Å². The Balaban J connectivity index is 0.00000163. The van der Waals surface area contributed by atoms with Crippen molar-refractivity contribution in [1.82, 2.24) is 4.98 Å². The van der Waals surface area contributed by atoms with Gasteiger partial charge >= 0.3 is 7.82 Å². The van der Waals surface area contributed by atoms with Crippen LogP contribution < -0.4 is 0 Å². The number of rotatable bonds is 9. The van der Waals surface area contributed by atoms with Gasteiger partial charge in [-0.25, -0.2) is 4.57 Å². The van der Waals surface area contributed by atoms with E-state index in [1.807, 2.05) is 27.3 Å². The lowest BCUT2D eigenvalue weighted by Gasteiger charge is -2.12. The van der Waals surface area contributed by atoms with Gasteiger partial charge in [-0.2, -0.15) is 9.12 Å². The fourth-order valence-electron chi connectivity index (χ4n) is 2.01. The van der Waals surface area contributed by atoms with E-state index in [2.05, 4.69) is 12.5 Å². The number of pyridine rings is 1. The van der Waals surface area contributed by atoms with Crippen molar-refractivity contribution in [3.63, 3.8) is 0 Å². The van der Waals surface area contributed by atoms with Crippen molar-refractivity contribution in [3.05, 3.63) is 65.0 Å². The summed E-state index contributed by atoms with van der Waals surface area (Å²) < 4.78 is 26.9. The molecule has 10 heteroatoms. The summed E-state index contributed by atoms with van der Waals surface area (Å²) >= 11 is 0. The summed E-state index contributed by atoms with van der Waals surface area (Å²) in [5.41, 5.74) is 2.57. The van der Waals surface area contributed by atoms with Gasteiger partial charge in [0.15, 0.2) is 0 Å². The van der Waals surface area contributed by atoms with E-state index in [4.69, 9.17) is 18.9 Å². The predicted molar refractivity (Wildman–Crippen MR) is 102 cm³/mol. The monoisotopic (exact) mass is 397 g/mol. The maximum absolute atomic E-state index is 11.9. The van der Waals surface area contributed by atoms with Gasteiger partial charge in [0.05, 0.1) is 38.8 Å². The van der Waals surface area contributed by atoms with Crippen LogP contribution in [0.15, 0.2) is 42.5 Å². The molecule has 2 N–H and O–H groups in total. The van der Waals surface area contributed by atoms with Crippen molar-refractivity contribution in [3.8, 4) is 0 Å². The van der Waals surface area contributed by atoms with Crippen LogP contribution in [0, 0.1) is 0 Å². The molecular formula is C16H22BNO6P2. The number of phosphoric ester groups is 1. The molecule has 0 aliphatic carbocycles. The summed E-state index contributed by atoms with van der Waals surface area (Å²) in [6.45, 7) is -0.00624. The van der Waals surface area contributed by atoms with Gasteiger partial charge in [0.1, 0.15) is 6.61 Å². The highest BCUT2D eigenvalue weighted by Crippen LogP contribution is 2.44. The molecule has 2 aromatic rings. The maximum Gasteiger partial charge on any atom is 0.472 e. The number of aliphatic hydroxyl groups is 1. The standard InChI is InChI=1S/C16H20NO6P.BH2P/c1-21-10-13-4-2-5-14(8-13)11-22-24(19,20)23-12-16-7-3-6-15(9-18)17-16;1-2/h2-8,18H,9-12H2,1H3,(H,19,20);2H2. The molecule has 2 radical (unpaired) electrons. The average molecular weight is 397 g/mol. The van der Waals surface area contributed by atoms with Crippen LogP contribution in [-0.4, -0.2) is 29.7 Å². The van der Waals surface area contributed by atoms with Crippen molar-refractivity contribution in [1.29, 1.82) is 0 Å². The Hall–Kier alpha value is -1.11. The van der Waals surface area contributed by atoms with Crippen molar-refractivity contribution < 1.29 is 28.3 Å². The molecule has 0 saturated carbocycles. The molecule has 1 aromatic carbocycles. The molecule has 0 amide bonds. The van der Waals surface area contributed by atoms with Crippen molar-refractivity contribution in [2.45, 2.75) is 26.4 Å². The summed E-state index contributed by atoms with van der Waals surface area (Å²) in [5, 5.41) is 9.02. The Kier molecular flexibility index (Phi) is 10.9. The molecule has 0 aliphatic rings. The van der Waals surface area contributed by atoms with Gasteiger partial charge < -0.3 is 14.7 Å². The van der Waals surface area contributed by atoms with Crippen LogP contribution in [0.3, 0.4) is 0 Å². The minimum absolute atomic E-state index is 0.0601. The molecule has 2 rings (SSSR count). The van der Waals surface area contributed by atoms with E-state index in [1.165, 1.54) is 0 Å². The number of hydrogen-bond acceptors (Lipinski definition) is 6. The molecule has 0 saturated heterocycles. The van der Waals surface area contributed by atoms with Crippen molar-refractivity contribution >= 4 is 24.5 Å². The maximum atomic E-state index is 11.9. The minimum atomic E-state index is -4.21. The Morgan fingerprint density at radius 3 is 2.27 bits per heavy atom. The van der Waals surface area contributed by atoms with Crippen molar-refractivity contribution in [2.24, 2.45) is 0 Å². The summed E-state index contributed by atoms with van der Waals surface area (Å²) in [6, 6.07) is 12.3. The van der Waals surface area contributed by atoms with Crippen LogP contribution in [0.4, 0.5) is 0 Å². The molecule has 0 fully saturated rings. The van der Waals surface area contributed by atoms with Gasteiger partial charge in [-0.15, -0.1) is 0 Å². The third-order valence-electron chi connectivity index (χ3n) is 3.10. The van der Waals surface area contributed by atoms with E-state index in [9.17, 15) is 9.46 Å². The highest BCUT2D eigenvalue weighted by molar-refractivity contribution is 7.49. The summed E-state index contributed by atoms with van der Waals surface area (Å²) in [5.74, 6) is 0. The lowest BCUT2D eigenvalue weighted by Crippen LogP contribution is -2.00. The van der Waals surface area contributed by atoms with E-state index in [0.717, 1.165) is 11.1 Å². The molecule has 2 unspecified atom stereocenters. The predicted octanol–water partition coefficient (Wildman–Crippen LogP) is 2.50. The molecule has 2 atom stereocenters. The van der Waals surface area contributed by atoms with Crippen molar-refractivity contribution in [2.75, 3.05) is 7.11 Å². The molecule has 0 aliphatic heterocycles. The normalized spacial score (nSPS) is 12.8. The number of aliphatic hydroxyl groups excluding tert-OH is 1. The fourth-order valence-corrected chi connectivity index (χ4v) is 2.70. The lowest BCUT2D eigenvalue weighted by atomic mass is 10.1. The molecule has 140 valence electrons. The molecular weight excluding hydrogens is 375 g/mol. The highest BCUT2D eigenvalue weighted by Gasteiger charge is 2.21. The van der Waals surface area contributed by atoms with Gasteiger partial charge in [-0.1, -0.05) is 30.3 Å². The number of methoxy groups -OCH3 is 1. The third-order valence-corrected chi connectivity index (χ3v) is 4.01. The summed E-state index contributed by atoms with van der Waals surface area (Å²) in [7, 11) is 3.72. The first-order valence-corrected chi connectivity index (χ1v) is 9.76. The van der Waals surface area contributed by atoms with E-state index in [-0.39, 0.29) is 19.8 Å². The first-order chi connectivity index (χ1) is 12.5. The summed E-state index contributed by atoms with van der Waals surface area (Å²) in [4.78, 5) is 13.8. The fraction of sp³-hybridized carbons (Fsp3) is 0.312. The first kappa shape index (κ1) is 22.9. The van der Waals surface area contributed by atoms with Crippen LogP contribution in [0.5, 0.6) is 0 Å². The zero-order chi connectivity index (χ0) is 19.4. The second-order valence-electron chi connectivity index (χ2n) is 5.05. The van der Waals surface area contributed by atoms with E-state index in [1.54, 1.807) is 31.4 Å². The first-order valence-electron chi connectivity index (χ1n) is 7.60. The third kappa shape index (κ3) is 8.52. The van der Waals surface area contributed by atoms with E-state index in [0.29, 0.717) is 18.0 Å². The zero-order valence-corrected chi connectivity index (χ0v) is 16.5. The van der Waals surface area contributed by atoms with Gasteiger partial charge in [0.25, 0.3) is 0 Å².